The van der Waals surface area contributed by atoms with E-state index < -0.39 is 0 Å². The third-order valence-electron chi connectivity index (χ3n) is 3.61. The number of carbonyl (C=O) groups excluding carboxylic acids is 1. The van der Waals surface area contributed by atoms with Gasteiger partial charge in [0, 0.05) is 32.2 Å². The van der Waals surface area contributed by atoms with Crippen molar-refractivity contribution in [3.05, 3.63) is 36.4 Å². The van der Waals surface area contributed by atoms with Gasteiger partial charge in [0.15, 0.2) is 5.82 Å². The Morgan fingerprint density at radius 1 is 1.32 bits per heavy atom. The lowest BCUT2D eigenvalue weighted by atomic mass is 10.3. The van der Waals surface area contributed by atoms with E-state index in [9.17, 15) is 4.79 Å². The lowest BCUT2D eigenvalue weighted by molar-refractivity contribution is 0.0954. The molecule has 1 fully saturated rings. The van der Waals surface area contributed by atoms with Crippen LogP contribution in [0.25, 0.3) is 0 Å². The molecule has 0 bridgehead atoms. The fourth-order valence-corrected chi connectivity index (χ4v) is 2.45. The standard InChI is InChI=1S/C15H19N5O2/c21-15(12-3-8-22-11-12)17-5-4-16-14-9-13(10-18-19-14)20-6-1-2-7-20/h3,8-11H,1-2,4-7H2,(H,16,19)(H,17,21). The number of aromatic nitrogens is 2. The number of amides is 1. The van der Waals surface area contributed by atoms with Gasteiger partial charge in [0.1, 0.15) is 6.26 Å². The number of anilines is 2. The lowest BCUT2D eigenvalue weighted by Crippen LogP contribution is -2.28. The maximum absolute atomic E-state index is 11.7. The SMILES string of the molecule is O=C(NCCNc1cc(N2CCCC2)cnn1)c1ccoc1. The Hall–Kier alpha value is -2.57. The summed E-state index contributed by atoms with van der Waals surface area (Å²) < 4.78 is 4.87. The van der Waals surface area contributed by atoms with Crippen molar-refractivity contribution in [1.29, 1.82) is 0 Å². The molecule has 2 aromatic rings. The van der Waals surface area contributed by atoms with Crippen LogP contribution in [-0.4, -0.2) is 42.3 Å². The van der Waals surface area contributed by atoms with Crippen molar-refractivity contribution in [1.82, 2.24) is 15.5 Å². The lowest BCUT2D eigenvalue weighted by Gasteiger charge is -2.17. The van der Waals surface area contributed by atoms with E-state index in [2.05, 4.69) is 25.7 Å². The molecule has 0 unspecified atom stereocenters. The first-order chi connectivity index (χ1) is 10.8. The van der Waals surface area contributed by atoms with Crippen molar-refractivity contribution in [2.45, 2.75) is 12.8 Å². The molecule has 0 aliphatic carbocycles. The van der Waals surface area contributed by atoms with Crippen LogP contribution in [0.4, 0.5) is 11.5 Å². The quantitative estimate of drug-likeness (QED) is 0.787. The van der Waals surface area contributed by atoms with Crippen molar-refractivity contribution in [2.24, 2.45) is 0 Å². The zero-order chi connectivity index (χ0) is 15.2. The van der Waals surface area contributed by atoms with Crippen LogP contribution in [-0.2, 0) is 0 Å². The third kappa shape index (κ3) is 3.55. The van der Waals surface area contributed by atoms with E-state index in [1.807, 2.05) is 6.07 Å². The predicted octanol–water partition coefficient (Wildman–Crippen LogP) is 1.51. The number of nitrogens with zero attached hydrogens (tertiary/aromatic N) is 3. The fraction of sp³-hybridized carbons (Fsp3) is 0.400. The first-order valence-corrected chi connectivity index (χ1v) is 7.45. The molecule has 2 N–H and O–H groups in total. The summed E-state index contributed by atoms with van der Waals surface area (Å²) in [5, 5.41) is 14.1. The van der Waals surface area contributed by atoms with Crippen LogP contribution in [0, 0.1) is 0 Å². The monoisotopic (exact) mass is 301 g/mol. The van der Waals surface area contributed by atoms with Gasteiger partial charge in [-0.2, -0.15) is 5.10 Å². The van der Waals surface area contributed by atoms with Crippen molar-refractivity contribution < 1.29 is 9.21 Å². The van der Waals surface area contributed by atoms with Gasteiger partial charge in [0.2, 0.25) is 0 Å². The van der Waals surface area contributed by atoms with Crippen LogP contribution in [0.3, 0.4) is 0 Å². The average molecular weight is 301 g/mol. The van der Waals surface area contributed by atoms with Gasteiger partial charge in [-0.1, -0.05) is 0 Å². The molecule has 116 valence electrons. The first-order valence-electron chi connectivity index (χ1n) is 7.45. The van der Waals surface area contributed by atoms with E-state index in [4.69, 9.17) is 4.42 Å². The number of hydrogen-bond donors (Lipinski definition) is 2. The minimum absolute atomic E-state index is 0.146. The van der Waals surface area contributed by atoms with Crippen LogP contribution < -0.4 is 15.5 Å². The summed E-state index contributed by atoms with van der Waals surface area (Å²) in [4.78, 5) is 14.0. The largest absolute Gasteiger partial charge is 0.472 e. The molecular weight excluding hydrogens is 282 g/mol. The topological polar surface area (TPSA) is 83.3 Å². The third-order valence-corrected chi connectivity index (χ3v) is 3.61. The maximum atomic E-state index is 11.7. The van der Waals surface area contributed by atoms with Gasteiger partial charge in [0.25, 0.3) is 5.91 Å². The van der Waals surface area contributed by atoms with Crippen molar-refractivity contribution >= 4 is 17.4 Å². The molecule has 3 heterocycles. The molecule has 1 amide bonds. The Morgan fingerprint density at radius 3 is 2.95 bits per heavy atom. The highest BCUT2D eigenvalue weighted by molar-refractivity contribution is 5.93. The Morgan fingerprint density at radius 2 is 2.18 bits per heavy atom. The molecule has 0 aromatic carbocycles. The summed E-state index contributed by atoms with van der Waals surface area (Å²) in [6, 6.07) is 3.63. The Balaban J connectivity index is 1.45. The molecular formula is C15H19N5O2. The Bertz CT molecular complexity index is 608. The Labute approximate surface area is 128 Å². The normalized spacial score (nSPS) is 14.1. The van der Waals surface area contributed by atoms with Crippen LogP contribution in [0.5, 0.6) is 0 Å². The molecule has 1 aliphatic rings. The zero-order valence-corrected chi connectivity index (χ0v) is 12.3. The van der Waals surface area contributed by atoms with Crippen molar-refractivity contribution in [3.8, 4) is 0 Å². The second-order valence-corrected chi connectivity index (χ2v) is 5.19. The molecule has 1 aliphatic heterocycles. The van der Waals surface area contributed by atoms with E-state index in [0.29, 0.717) is 18.7 Å². The van der Waals surface area contributed by atoms with E-state index in [1.54, 1.807) is 12.3 Å². The van der Waals surface area contributed by atoms with Gasteiger partial charge in [-0.05, 0) is 18.9 Å². The minimum atomic E-state index is -0.146. The van der Waals surface area contributed by atoms with Gasteiger partial charge in [0.05, 0.1) is 23.7 Å². The molecule has 0 saturated carbocycles. The van der Waals surface area contributed by atoms with Gasteiger partial charge in [-0.3, -0.25) is 4.79 Å². The number of nitrogens with one attached hydrogen (secondary N) is 2. The molecule has 22 heavy (non-hydrogen) atoms. The predicted molar refractivity (Wildman–Crippen MR) is 83.0 cm³/mol. The van der Waals surface area contributed by atoms with Crippen molar-refractivity contribution in [3.63, 3.8) is 0 Å². The first kappa shape index (κ1) is 14.4. The molecule has 7 nitrogen and oxygen atoms in total. The molecule has 1 saturated heterocycles. The molecule has 3 rings (SSSR count). The summed E-state index contributed by atoms with van der Waals surface area (Å²) in [6.07, 6.45) is 7.15. The fourth-order valence-electron chi connectivity index (χ4n) is 2.45. The maximum Gasteiger partial charge on any atom is 0.254 e. The van der Waals surface area contributed by atoms with Crippen LogP contribution in [0.1, 0.15) is 23.2 Å². The van der Waals surface area contributed by atoms with Gasteiger partial charge in [-0.15, -0.1) is 5.10 Å². The van der Waals surface area contributed by atoms with Crippen LogP contribution >= 0.6 is 0 Å². The van der Waals surface area contributed by atoms with E-state index in [-0.39, 0.29) is 5.91 Å². The minimum Gasteiger partial charge on any atom is -0.472 e. The molecule has 2 aromatic heterocycles. The van der Waals surface area contributed by atoms with Gasteiger partial charge >= 0.3 is 0 Å². The summed E-state index contributed by atoms with van der Waals surface area (Å²) in [5.74, 6) is 0.578. The smallest absolute Gasteiger partial charge is 0.254 e. The van der Waals surface area contributed by atoms with E-state index in [1.165, 1.54) is 25.4 Å². The number of furan rings is 1. The second-order valence-electron chi connectivity index (χ2n) is 5.19. The number of hydrogen-bond acceptors (Lipinski definition) is 6. The average Bonchev–Trinajstić information content (AvgIpc) is 3.24. The van der Waals surface area contributed by atoms with Crippen LogP contribution in [0.15, 0.2) is 35.3 Å². The Kier molecular flexibility index (Phi) is 4.53. The highest BCUT2D eigenvalue weighted by atomic mass is 16.3. The van der Waals surface area contributed by atoms with E-state index >= 15 is 0 Å². The van der Waals surface area contributed by atoms with E-state index in [0.717, 1.165) is 24.6 Å². The summed E-state index contributed by atoms with van der Waals surface area (Å²) in [7, 11) is 0. The molecule has 0 spiro atoms. The summed E-state index contributed by atoms with van der Waals surface area (Å²) in [5.41, 5.74) is 1.62. The summed E-state index contributed by atoms with van der Waals surface area (Å²) >= 11 is 0. The highest BCUT2D eigenvalue weighted by Crippen LogP contribution is 2.20. The molecule has 7 heteroatoms. The van der Waals surface area contributed by atoms with Gasteiger partial charge in [-0.25, -0.2) is 0 Å². The second kappa shape index (κ2) is 6.93. The molecule has 0 atom stereocenters. The summed E-state index contributed by atoms with van der Waals surface area (Å²) in [6.45, 7) is 3.24. The van der Waals surface area contributed by atoms with Crippen LogP contribution in [0.2, 0.25) is 0 Å². The number of rotatable bonds is 6. The number of carbonyl (C=O) groups is 1. The van der Waals surface area contributed by atoms with Gasteiger partial charge < -0.3 is 20.0 Å². The molecule has 0 radical (unpaired) electrons. The zero-order valence-electron chi connectivity index (χ0n) is 12.3. The highest BCUT2D eigenvalue weighted by Gasteiger charge is 2.13. The van der Waals surface area contributed by atoms with Crippen molar-refractivity contribution in [2.75, 3.05) is 36.4 Å².